The highest BCUT2D eigenvalue weighted by Gasteiger charge is 2.62. The first-order valence-corrected chi connectivity index (χ1v) is 12.4. The molecule has 1 spiro atoms. The molecule has 0 radical (unpaired) electrons. The van der Waals surface area contributed by atoms with Gasteiger partial charge in [0.25, 0.3) is 0 Å². The predicted molar refractivity (Wildman–Crippen MR) is 133 cm³/mol. The van der Waals surface area contributed by atoms with Crippen LogP contribution in [0.15, 0.2) is 60.7 Å². The monoisotopic (exact) mass is 480 g/mol. The van der Waals surface area contributed by atoms with Crippen LogP contribution in [0.1, 0.15) is 51.3 Å². The maximum Gasteiger partial charge on any atom is 0.224 e. The Morgan fingerprint density at radius 2 is 1.71 bits per heavy atom. The van der Waals surface area contributed by atoms with Crippen molar-refractivity contribution in [3.05, 3.63) is 77.4 Å². The average molecular weight is 481 g/mol. The van der Waals surface area contributed by atoms with E-state index >= 15 is 0 Å². The van der Waals surface area contributed by atoms with Crippen LogP contribution in [0, 0.1) is 0 Å². The summed E-state index contributed by atoms with van der Waals surface area (Å²) < 4.78 is 37.5. The first-order chi connectivity index (χ1) is 16.6. The molecule has 0 N–H and O–H groups in total. The zero-order chi connectivity index (χ0) is 24.7. The minimum Gasteiger partial charge on any atom is -0.365 e. The van der Waals surface area contributed by atoms with Gasteiger partial charge in [0, 0.05) is 0 Å². The first-order valence-electron chi connectivity index (χ1n) is 12.4. The van der Waals surface area contributed by atoms with Crippen LogP contribution in [-0.2, 0) is 40.4 Å². The van der Waals surface area contributed by atoms with Crippen molar-refractivity contribution in [2.24, 2.45) is 0 Å². The number of fused-ring (bicyclic) bond motifs is 1. The molecule has 6 heteroatoms. The Morgan fingerprint density at radius 3 is 2.37 bits per heavy atom. The largest absolute Gasteiger partial charge is 0.365 e. The van der Waals surface area contributed by atoms with E-state index in [0.29, 0.717) is 13.2 Å². The van der Waals surface area contributed by atoms with Gasteiger partial charge in [-0.05, 0) is 42.0 Å². The van der Waals surface area contributed by atoms with Gasteiger partial charge >= 0.3 is 0 Å². The minimum absolute atomic E-state index is 0.103. The number of rotatable bonds is 5. The van der Waals surface area contributed by atoms with Crippen LogP contribution in [0.2, 0.25) is 0 Å². The summed E-state index contributed by atoms with van der Waals surface area (Å²) in [5, 5.41) is 0. The SMILES string of the molecule is CC1(C)OC[C@]2(OC[C@H]3O[C@@H](/C=C/c4ccccc4)O[C@H]3[C@@H]2OCc2ccc(C(C)(C)C)cc2)O1. The van der Waals surface area contributed by atoms with E-state index in [9.17, 15) is 0 Å². The molecule has 0 saturated carbocycles. The summed E-state index contributed by atoms with van der Waals surface area (Å²) in [6.45, 7) is 11.4. The summed E-state index contributed by atoms with van der Waals surface area (Å²) in [6.07, 6.45) is 2.33. The van der Waals surface area contributed by atoms with Crippen LogP contribution in [-0.4, -0.2) is 49.4 Å². The molecule has 0 bridgehead atoms. The normalized spacial score (nSPS) is 32.4. The molecular weight excluding hydrogens is 444 g/mol. The second-order valence-electron chi connectivity index (χ2n) is 11.0. The van der Waals surface area contributed by atoms with E-state index in [0.717, 1.165) is 11.1 Å². The van der Waals surface area contributed by atoms with Crippen LogP contribution in [0.4, 0.5) is 0 Å². The zero-order valence-corrected chi connectivity index (χ0v) is 21.2. The smallest absolute Gasteiger partial charge is 0.224 e. The van der Waals surface area contributed by atoms with E-state index < -0.39 is 24.0 Å². The molecule has 0 amide bonds. The zero-order valence-electron chi connectivity index (χ0n) is 21.2. The molecular formula is C29H36O6. The van der Waals surface area contributed by atoms with E-state index in [1.807, 2.05) is 56.3 Å². The molecule has 0 aromatic heterocycles. The fourth-order valence-electron chi connectivity index (χ4n) is 4.79. The van der Waals surface area contributed by atoms with Crippen molar-refractivity contribution < 1.29 is 28.4 Å². The third kappa shape index (κ3) is 5.38. The van der Waals surface area contributed by atoms with Gasteiger partial charge in [-0.1, -0.05) is 81.4 Å². The van der Waals surface area contributed by atoms with Gasteiger partial charge in [-0.3, -0.25) is 0 Å². The van der Waals surface area contributed by atoms with Gasteiger partial charge in [0.1, 0.15) is 24.9 Å². The van der Waals surface area contributed by atoms with Gasteiger partial charge in [-0.25, -0.2) is 0 Å². The van der Waals surface area contributed by atoms with Crippen molar-refractivity contribution >= 4 is 6.08 Å². The Morgan fingerprint density at radius 1 is 0.971 bits per heavy atom. The second-order valence-corrected chi connectivity index (χ2v) is 11.0. The summed E-state index contributed by atoms with van der Waals surface area (Å²) in [6, 6.07) is 18.6. The lowest BCUT2D eigenvalue weighted by Gasteiger charge is -2.43. The molecule has 3 heterocycles. The predicted octanol–water partition coefficient (Wildman–Crippen LogP) is 5.20. The first kappa shape index (κ1) is 24.6. The number of hydrogen-bond donors (Lipinski definition) is 0. The molecule has 188 valence electrons. The lowest BCUT2D eigenvalue weighted by atomic mass is 9.87. The van der Waals surface area contributed by atoms with Crippen molar-refractivity contribution in [2.45, 2.75) is 82.8 Å². The second kappa shape index (κ2) is 9.43. The van der Waals surface area contributed by atoms with Crippen LogP contribution >= 0.6 is 0 Å². The molecule has 2 aromatic carbocycles. The third-order valence-electron chi connectivity index (χ3n) is 6.72. The summed E-state index contributed by atoms with van der Waals surface area (Å²) in [7, 11) is 0. The molecule has 6 nitrogen and oxygen atoms in total. The van der Waals surface area contributed by atoms with E-state index in [1.54, 1.807) is 0 Å². The highest BCUT2D eigenvalue weighted by molar-refractivity contribution is 5.49. The van der Waals surface area contributed by atoms with Gasteiger partial charge in [0.05, 0.1) is 13.2 Å². The average Bonchev–Trinajstić information content (AvgIpc) is 3.38. The standard InChI is InChI=1S/C29H36O6/c1-27(2,3)22-14-11-21(12-15-22)17-30-26-25-23(18-31-29(26)19-32-28(4,5)35-29)33-24(34-25)16-13-20-9-7-6-8-10-20/h6-16,23-26H,17-19H2,1-5H3/b16-13+/t23-,24-,25-,26+,29+/m1/s1. The van der Waals surface area contributed by atoms with Crippen LogP contribution < -0.4 is 0 Å². The topological polar surface area (TPSA) is 55.4 Å². The molecule has 0 unspecified atom stereocenters. The van der Waals surface area contributed by atoms with Crippen LogP contribution in [0.5, 0.6) is 0 Å². The van der Waals surface area contributed by atoms with E-state index in [1.165, 1.54) is 5.56 Å². The Bertz CT molecular complexity index is 1030. The fourth-order valence-corrected chi connectivity index (χ4v) is 4.79. The summed E-state index contributed by atoms with van der Waals surface area (Å²) >= 11 is 0. The van der Waals surface area contributed by atoms with Gasteiger partial charge in [-0.15, -0.1) is 0 Å². The molecule has 35 heavy (non-hydrogen) atoms. The van der Waals surface area contributed by atoms with Gasteiger partial charge in [0.2, 0.25) is 5.79 Å². The molecule has 3 aliphatic heterocycles. The molecule has 3 aliphatic rings. The third-order valence-corrected chi connectivity index (χ3v) is 6.72. The molecule has 0 aliphatic carbocycles. The number of hydrogen-bond acceptors (Lipinski definition) is 6. The molecule has 3 saturated heterocycles. The lowest BCUT2D eigenvalue weighted by Crippen LogP contribution is -2.62. The quantitative estimate of drug-likeness (QED) is 0.586. The number of benzene rings is 2. The highest BCUT2D eigenvalue weighted by atomic mass is 16.9. The van der Waals surface area contributed by atoms with E-state index in [-0.39, 0.29) is 24.2 Å². The van der Waals surface area contributed by atoms with Crippen LogP contribution in [0.25, 0.3) is 6.08 Å². The summed E-state index contributed by atoms with van der Waals surface area (Å²) in [5.41, 5.74) is 3.55. The Labute approximate surface area is 208 Å². The van der Waals surface area contributed by atoms with Crippen molar-refractivity contribution in [1.29, 1.82) is 0 Å². The van der Waals surface area contributed by atoms with E-state index in [4.69, 9.17) is 28.4 Å². The van der Waals surface area contributed by atoms with Crippen molar-refractivity contribution in [1.82, 2.24) is 0 Å². The van der Waals surface area contributed by atoms with Crippen molar-refractivity contribution in [2.75, 3.05) is 13.2 Å². The van der Waals surface area contributed by atoms with E-state index in [2.05, 4.69) is 45.0 Å². The van der Waals surface area contributed by atoms with Crippen molar-refractivity contribution in [3.8, 4) is 0 Å². The number of ether oxygens (including phenoxy) is 6. The Balaban J connectivity index is 1.33. The van der Waals surface area contributed by atoms with Crippen molar-refractivity contribution in [3.63, 3.8) is 0 Å². The Kier molecular flexibility index (Phi) is 6.64. The molecule has 3 fully saturated rings. The van der Waals surface area contributed by atoms with Crippen LogP contribution in [0.3, 0.4) is 0 Å². The summed E-state index contributed by atoms with van der Waals surface area (Å²) in [4.78, 5) is 0. The molecule has 5 atom stereocenters. The maximum absolute atomic E-state index is 6.49. The summed E-state index contributed by atoms with van der Waals surface area (Å²) in [5.74, 6) is -1.81. The fraction of sp³-hybridized carbons (Fsp3) is 0.517. The molecule has 5 rings (SSSR count). The Hall–Kier alpha value is -2.06. The highest BCUT2D eigenvalue weighted by Crippen LogP contribution is 2.44. The molecule has 2 aromatic rings. The lowest BCUT2D eigenvalue weighted by molar-refractivity contribution is -0.335. The minimum atomic E-state index is -1.04. The van der Waals surface area contributed by atoms with Gasteiger partial charge in [0.15, 0.2) is 12.1 Å². The van der Waals surface area contributed by atoms with Gasteiger partial charge in [-0.2, -0.15) is 0 Å². The van der Waals surface area contributed by atoms with Gasteiger partial charge < -0.3 is 28.4 Å². The maximum atomic E-state index is 6.49.